The zero-order chi connectivity index (χ0) is 14.2. The zero-order valence-electron chi connectivity index (χ0n) is 12.4. The van der Waals surface area contributed by atoms with Crippen LogP contribution in [-0.4, -0.2) is 18.1 Å². The number of aromatic nitrogens is 1. The molecule has 3 rings (SSSR count). The van der Waals surface area contributed by atoms with E-state index in [-0.39, 0.29) is 0 Å². The van der Waals surface area contributed by atoms with Crippen molar-refractivity contribution in [1.29, 1.82) is 0 Å². The van der Waals surface area contributed by atoms with Gasteiger partial charge in [0.05, 0.1) is 5.52 Å². The smallest absolute Gasteiger partial charge is 0.0743 e. The lowest BCUT2D eigenvalue weighted by Gasteiger charge is -2.26. The highest BCUT2D eigenvalue weighted by molar-refractivity contribution is 5.93. The Balaban J connectivity index is 1.97. The summed E-state index contributed by atoms with van der Waals surface area (Å²) in [6.45, 7) is 7.01. The Morgan fingerprint density at radius 1 is 1.15 bits per heavy atom. The lowest BCUT2D eigenvalue weighted by Crippen LogP contribution is -2.25. The van der Waals surface area contributed by atoms with Crippen LogP contribution in [0.3, 0.4) is 0 Å². The van der Waals surface area contributed by atoms with Crippen molar-refractivity contribution < 1.29 is 0 Å². The second kappa shape index (κ2) is 4.97. The SMILES string of the molecule is CC1(C)CCCN(c2ccnc3cc(N)ccc23)CC1. The van der Waals surface area contributed by atoms with Gasteiger partial charge in [0.1, 0.15) is 0 Å². The molecule has 1 saturated heterocycles. The first kappa shape index (κ1) is 13.2. The predicted molar refractivity (Wildman–Crippen MR) is 86.0 cm³/mol. The van der Waals surface area contributed by atoms with Crippen molar-refractivity contribution in [3.05, 3.63) is 30.5 Å². The van der Waals surface area contributed by atoms with Crippen molar-refractivity contribution in [3.8, 4) is 0 Å². The Morgan fingerprint density at radius 2 is 2.00 bits per heavy atom. The van der Waals surface area contributed by atoms with Gasteiger partial charge in [-0.05, 0) is 48.9 Å². The van der Waals surface area contributed by atoms with Gasteiger partial charge in [-0.25, -0.2) is 0 Å². The summed E-state index contributed by atoms with van der Waals surface area (Å²) in [6, 6.07) is 8.16. The van der Waals surface area contributed by atoms with Gasteiger partial charge in [0, 0.05) is 36.0 Å². The normalized spacial score (nSPS) is 19.0. The molecular weight excluding hydrogens is 246 g/mol. The number of nitrogens with zero attached hydrogens (tertiary/aromatic N) is 2. The average Bonchev–Trinajstić information content (AvgIpc) is 2.59. The first-order chi connectivity index (χ1) is 9.55. The van der Waals surface area contributed by atoms with Gasteiger partial charge in [-0.2, -0.15) is 0 Å². The fourth-order valence-electron chi connectivity index (χ4n) is 3.09. The van der Waals surface area contributed by atoms with Gasteiger partial charge < -0.3 is 10.6 Å². The summed E-state index contributed by atoms with van der Waals surface area (Å²) < 4.78 is 0. The Hall–Kier alpha value is -1.77. The summed E-state index contributed by atoms with van der Waals surface area (Å²) in [6.07, 6.45) is 5.70. The maximum atomic E-state index is 5.86. The molecule has 2 heterocycles. The molecule has 2 N–H and O–H groups in total. The van der Waals surface area contributed by atoms with E-state index in [0.29, 0.717) is 5.41 Å². The molecule has 1 aromatic heterocycles. The molecule has 0 bridgehead atoms. The third-order valence-electron chi connectivity index (χ3n) is 4.42. The highest BCUT2D eigenvalue weighted by Gasteiger charge is 2.23. The van der Waals surface area contributed by atoms with Crippen LogP contribution in [0.25, 0.3) is 10.9 Å². The number of rotatable bonds is 1. The maximum Gasteiger partial charge on any atom is 0.0743 e. The molecule has 3 nitrogen and oxygen atoms in total. The molecule has 2 aromatic rings. The maximum absolute atomic E-state index is 5.86. The third kappa shape index (κ3) is 2.58. The molecule has 0 radical (unpaired) electrons. The van der Waals surface area contributed by atoms with E-state index in [2.05, 4.69) is 35.9 Å². The van der Waals surface area contributed by atoms with E-state index < -0.39 is 0 Å². The number of fused-ring (bicyclic) bond motifs is 1. The lowest BCUT2D eigenvalue weighted by atomic mass is 9.85. The number of hydrogen-bond acceptors (Lipinski definition) is 3. The minimum Gasteiger partial charge on any atom is -0.399 e. The molecule has 0 unspecified atom stereocenters. The Labute approximate surface area is 120 Å². The average molecular weight is 269 g/mol. The van der Waals surface area contributed by atoms with Crippen LogP contribution in [0.1, 0.15) is 33.1 Å². The molecule has 20 heavy (non-hydrogen) atoms. The molecule has 1 aliphatic rings. The Kier molecular flexibility index (Phi) is 3.28. The zero-order valence-corrected chi connectivity index (χ0v) is 12.4. The van der Waals surface area contributed by atoms with Gasteiger partial charge in [-0.1, -0.05) is 13.8 Å². The number of nitrogen functional groups attached to an aromatic ring is 1. The van der Waals surface area contributed by atoms with Crippen LogP contribution in [-0.2, 0) is 0 Å². The molecule has 1 aromatic carbocycles. The largest absolute Gasteiger partial charge is 0.399 e. The molecule has 0 aliphatic carbocycles. The highest BCUT2D eigenvalue weighted by Crippen LogP contribution is 2.34. The quantitative estimate of drug-likeness (QED) is 0.800. The topological polar surface area (TPSA) is 42.2 Å². The van der Waals surface area contributed by atoms with Crippen LogP contribution in [0.4, 0.5) is 11.4 Å². The fraction of sp³-hybridized carbons (Fsp3) is 0.471. The van der Waals surface area contributed by atoms with E-state index in [1.165, 1.54) is 30.3 Å². The molecule has 1 aliphatic heterocycles. The standard InChI is InChI=1S/C17H23N3/c1-17(2)7-3-10-20(11-8-17)16-6-9-19-15-12-13(18)4-5-14(15)16/h4-6,9,12H,3,7-8,10-11,18H2,1-2H3. The van der Waals surface area contributed by atoms with Gasteiger partial charge in [0.2, 0.25) is 0 Å². The van der Waals surface area contributed by atoms with Gasteiger partial charge in [0.15, 0.2) is 0 Å². The Bertz CT molecular complexity index is 619. The van der Waals surface area contributed by atoms with Crippen LogP contribution < -0.4 is 10.6 Å². The van der Waals surface area contributed by atoms with E-state index in [4.69, 9.17) is 5.73 Å². The molecule has 3 heteroatoms. The van der Waals surface area contributed by atoms with Crippen molar-refractivity contribution in [2.75, 3.05) is 23.7 Å². The van der Waals surface area contributed by atoms with Crippen LogP contribution in [0.2, 0.25) is 0 Å². The van der Waals surface area contributed by atoms with E-state index in [1.807, 2.05) is 18.3 Å². The Morgan fingerprint density at radius 3 is 2.85 bits per heavy atom. The summed E-state index contributed by atoms with van der Waals surface area (Å²) in [7, 11) is 0. The lowest BCUT2D eigenvalue weighted by molar-refractivity contribution is 0.325. The minimum absolute atomic E-state index is 0.460. The van der Waals surface area contributed by atoms with Crippen LogP contribution >= 0.6 is 0 Å². The molecule has 0 amide bonds. The van der Waals surface area contributed by atoms with Crippen LogP contribution in [0.15, 0.2) is 30.5 Å². The van der Waals surface area contributed by atoms with Gasteiger partial charge >= 0.3 is 0 Å². The number of hydrogen-bond donors (Lipinski definition) is 1. The van der Waals surface area contributed by atoms with E-state index in [9.17, 15) is 0 Å². The third-order valence-corrected chi connectivity index (χ3v) is 4.42. The summed E-state index contributed by atoms with van der Waals surface area (Å²) in [4.78, 5) is 6.95. The molecule has 0 spiro atoms. The summed E-state index contributed by atoms with van der Waals surface area (Å²) in [5.74, 6) is 0. The number of nitrogens with two attached hydrogens (primary N) is 1. The van der Waals surface area contributed by atoms with Crippen molar-refractivity contribution in [3.63, 3.8) is 0 Å². The van der Waals surface area contributed by atoms with E-state index >= 15 is 0 Å². The number of pyridine rings is 1. The fourth-order valence-corrected chi connectivity index (χ4v) is 3.09. The first-order valence-electron chi connectivity index (χ1n) is 7.44. The van der Waals surface area contributed by atoms with Crippen LogP contribution in [0.5, 0.6) is 0 Å². The van der Waals surface area contributed by atoms with E-state index in [0.717, 1.165) is 24.3 Å². The van der Waals surface area contributed by atoms with Crippen LogP contribution in [0, 0.1) is 5.41 Å². The van der Waals surface area contributed by atoms with Gasteiger partial charge in [-0.3, -0.25) is 4.98 Å². The minimum atomic E-state index is 0.460. The second-order valence-corrected chi connectivity index (χ2v) is 6.61. The number of anilines is 2. The summed E-state index contributed by atoms with van der Waals surface area (Å²) >= 11 is 0. The monoisotopic (exact) mass is 269 g/mol. The number of benzene rings is 1. The second-order valence-electron chi connectivity index (χ2n) is 6.61. The van der Waals surface area contributed by atoms with E-state index in [1.54, 1.807) is 0 Å². The highest BCUT2D eigenvalue weighted by atomic mass is 15.1. The molecule has 0 atom stereocenters. The van der Waals surface area contributed by atoms with Gasteiger partial charge in [-0.15, -0.1) is 0 Å². The van der Waals surface area contributed by atoms with Crippen molar-refractivity contribution >= 4 is 22.3 Å². The summed E-state index contributed by atoms with van der Waals surface area (Å²) in [5, 5.41) is 1.21. The molecule has 0 saturated carbocycles. The van der Waals surface area contributed by atoms with Crippen molar-refractivity contribution in [2.24, 2.45) is 5.41 Å². The first-order valence-corrected chi connectivity index (χ1v) is 7.44. The predicted octanol–water partition coefficient (Wildman–Crippen LogP) is 3.83. The molecular formula is C17H23N3. The van der Waals surface area contributed by atoms with Crippen molar-refractivity contribution in [2.45, 2.75) is 33.1 Å². The van der Waals surface area contributed by atoms with Crippen molar-refractivity contribution in [1.82, 2.24) is 4.98 Å². The molecule has 1 fully saturated rings. The summed E-state index contributed by atoms with van der Waals surface area (Å²) in [5.41, 5.74) is 9.39. The van der Waals surface area contributed by atoms with Gasteiger partial charge in [0.25, 0.3) is 0 Å². The molecule has 106 valence electrons.